The van der Waals surface area contributed by atoms with E-state index in [0.29, 0.717) is 43.1 Å². The number of quaternary nitrogens is 1. The molecule has 0 saturated heterocycles. The summed E-state index contributed by atoms with van der Waals surface area (Å²) >= 11 is 0. The molecule has 0 aliphatic heterocycles. The number of unbranched alkanes of at least 4 members (excludes halogenated alkanes) is 10. The topological polar surface area (TPSA) is 129 Å². The molecule has 11 heteroatoms. The summed E-state index contributed by atoms with van der Waals surface area (Å²) in [5, 5.41) is 10.1. The van der Waals surface area contributed by atoms with E-state index in [1.807, 2.05) is 57.6 Å². The van der Waals surface area contributed by atoms with Crippen LogP contribution in [0.5, 0.6) is 0 Å². The summed E-state index contributed by atoms with van der Waals surface area (Å²) < 4.78 is 34.2. The van der Waals surface area contributed by atoms with Crippen molar-refractivity contribution >= 4 is 19.8 Å². The number of aliphatic hydroxyl groups is 1. The van der Waals surface area contributed by atoms with E-state index in [1.54, 1.807) is 6.08 Å². The first-order chi connectivity index (χ1) is 29.4. The van der Waals surface area contributed by atoms with Crippen molar-refractivity contribution in [2.24, 2.45) is 0 Å². The fourth-order valence-electron chi connectivity index (χ4n) is 5.48. The number of hydrogen-bond acceptors (Lipinski definition) is 8. The molecule has 0 heterocycles. The molecule has 0 fully saturated rings. The van der Waals surface area contributed by atoms with E-state index in [9.17, 15) is 24.2 Å². The van der Waals surface area contributed by atoms with E-state index >= 15 is 0 Å². The Morgan fingerprint density at radius 3 is 1.67 bits per heavy atom. The molecule has 3 atom stereocenters. The second-order valence-electron chi connectivity index (χ2n) is 16.3. The van der Waals surface area contributed by atoms with Gasteiger partial charge in [-0.2, -0.15) is 0 Å². The summed E-state index contributed by atoms with van der Waals surface area (Å²) in [6.45, 7) is 4.14. The van der Waals surface area contributed by atoms with E-state index in [-0.39, 0.29) is 26.1 Å². The number of carbonyl (C=O) groups excluding carboxylic acids is 2. The molecule has 0 aliphatic rings. The second-order valence-corrected chi connectivity index (χ2v) is 17.7. The zero-order chi connectivity index (χ0) is 45.1. The third-order valence-electron chi connectivity index (χ3n) is 9.17. The van der Waals surface area contributed by atoms with Crippen LogP contribution >= 0.6 is 7.82 Å². The highest BCUT2D eigenvalue weighted by Crippen LogP contribution is 2.43. The van der Waals surface area contributed by atoms with Crippen LogP contribution in [-0.2, 0) is 32.7 Å². The molecule has 0 saturated carbocycles. The highest BCUT2D eigenvalue weighted by molar-refractivity contribution is 7.47. The lowest BCUT2D eigenvalue weighted by Gasteiger charge is -2.24. The highest BCUT2D eigenvalue weighted by Gasteiger charge is 2.27. The number of carbonyl (C=O) groups is 2. The SMILES string of the molecule is CCCCC/C=C\C=C/[C@H](O)C/C=C\C/C=C/CCCC(=O)O[C@H](COC(=O)CCCCC/C=C\C/C=C\C/C=C\C/C=C\CCCCC)COP(=O)(O)OCC[N+](C)(C)C. The second kappa shape index (κ2) is 40.9. The van der Waals surface area contributed by atoms with E-state index in [4.69, 9.17) is 18.5 Å². The van der Waals surface area contributed by atoms with Gasteiger partial charge in [-0.3, -0.25) is 18.6 Å². The normalized spacial score (nSPS) is 14.9. The summed E-state index contributed by atoms with van der Waals surface area (Å²) in [5.74, 6) is -0.952. The van der Waals surface area contributed by atoms with E-state index in [1.165, 1.54) is 44.9 Å². The Morgan fingerprint density at radius 2 is 1.10 bits per heavy atom. The van der Waals surface area contributed by atoms with Gasteiger partial charge in [0.25, 0.3) is 0 Å². The largest absolute Gasteiger partial charge is 0.472 e. The van der Waals surface area contributed by atoms with Gasteiger partial charge >= 0.3 is 19.8 Å². The lowest BCUT2D eigenvalue weighted by atomic mass is 10.1. The number of allylic oxidation sites excluding steroid dienone is 14. The Morgan fingerprint density at radius 1 is 0.590 bits per heavy atom. The molecule has 61 heavy (non-hydrogen) atoms. The molecule has 0 aromatic carbocycles. The lowest BCUT2D eigenvalue weighted by Crippen LogP contribution is -2.37. The van der Waals surface area contributed by atoms with Crippen LogP contribution in [0.4, 0.5) is 0 Å². The van der Waals surface area contributed by atoms with Crippen molar-refractivity contribution in [3.8, 4) is 0 Å². The number of rotatable bonds is 40. The van der Waals surface area contributed by atoms with Gasteiger partial charge in [0.15, 0.2) is 6.10 Å². The van der Waals surface area contributed by atoms with Gasteiger partial charge in [-0.15, -0.1) is 0 Å². The maximum atomic E-state index is 12.7. The highest BCUT2D eigenvalue weighted by atomic mass is 31.2. The first kappa shape index (κ1) is 57.9. The number of phosphoric acid groups is 1. The molecule has 0 bridgehead atoms. The van der Waals surface area contributed by atoms with Crippen LogP contribution in [0.3, 0.4) is 0 Å². The third kappa shape index (κ3) is 44.7. The Balaban J connectivity index is 4.57. The minimum atomic E-state index is -4.42. The van der Waals surface area contributed by atoms with Crippen LogP contribution in [0.25, 0.3) is 0 Å². The standard InChI is InChI=1S/C50H84NO9P/c1-6-8-10-12-14-15-16-17-18-19-20-21-22-23-24-25-29-33-37-41-49(53)57-45-48(46-59-61(55,56)58-44-43-51(3,4)5)60-50(54)42-38-34-30-26-28-32-36-40-47(52)39-35-31-27-13-11-9-7-2/h14-15,17-18,20-21,23-24,26-27,30-32,35-36,39,47-48,52H,6-13,16,19,22,25,28-29,33-34,37-38,40-46H2,1-5H3/p+1/b15-14-,18-17-,21-20-,24-23-,30-26+,31-27-,36-32-,39-35-/t47-,48+/m0/s1. The molecule has 0 spiro atoms. The summed E-state index contributed by atoms with van der Waals surface area (Å²) in [4.78, 5) is 35.4. The maximum absolute atomic E-state index is 12.7. The number of aliphatic hydroxyl groups excluding tert-OH is 1. The predicted octanol–water partition coefficient (Wildman–Crippen LogP) is 12.3. The zero-order valence-corrected chi connectivity index (χ0v) is 39.6. The minimum absolute atomic E-state index is 0.00113. The summed E-state index contributed by atoms with van der Waals surface area (Å²) in [7, 11) is 1.37. The molecule has 0 amide bonds. The van der Waals surface area contributed by atoms with Crippen LogP contribution in [0, 0.1) is 0 Å². The van der Waals surface area contributed by atoms with Gasteiger partial charge in [-0.05, 0) is 89.9 Å². The van der Waals surface area contributed by atoms with Crippen LogP contribution in [0.2, 0.25) is 0 Å². The fraction of sp³-hybridized carbons (Fsp3) is 0.640. The summed E-state index contributed by atoms with van der Waals surface area (Å²) in [6.07, 6.45) is 50.6. The van der Waals surface area contributed by atoms with Crippen LogP contribution in [0.1, 0.15) is 149 Å². The van der Waals surface area contributed by atoms with E-state index in [2.05, 4.69) is 68.5 Å². The fourth-order valence-corrected chi connectivity index (χ4v) is 6.22. The quantitative estimate of drug-likeness (QED) is 0.0154. The van der Waals surface area contributed by atoms with E-state index < -0.39 is 38.6 Å². The molecule has 1 unspecified atom stereocenters. The van der Waals surface area contributed by atoms with Crippen molar-refractivity contribution in [2.75, 3.05) is 47.5 Å². The molecule has 348 valence electrons. The first-order valence-corrected chi connectivity index (χ1v) is 24.6. The monoisotopic (exact) mass is 875 g/mol. The van der Waals surface area contributed by atoms with Gasteiger partial charge in [-0.1, -0.05) is 143 Å². The Labute approximate surface area is 371 Å². The number of esters is 2. The Hall–Kier alpha value is -3.11. The van der Waals surface area contributed by atoms with Gasteiger partial charge in [0.1, 0.15) is 19.8 Å². The average Bonchev–Trinajstić information content (AvgIpc) is 3.21. The van der Waals surface area contributed by atoms with Gasteiger partial charge in [0.05, 0.1) is 33.9 Å². The molecule has 0 aromatic rings. The average molecular weight is 875 g/mol. The van der Waals surface area contributed by atoms with Gasteiger partial charge in [-0.25, -0.2) is 4.57 Å². The molecular weight excluding hydrogens is 790 g/mol. The number of ether oxygens (including phenoxy) is 2. The predicted molar refractivity (Wildman–Crippen MR) is 253 cm³/mol. The summed E-state index contributed by atoms with van der Waals surface area (Å²) in [6, 6.07) is 0. The maximum Gasteiger partial charge on any atom is 0.472 e. The molecule has 10 nitrogen and oxygen atoms in total. The van der Waals surface area contributed by atoms with Crippen LogP contribution in [0.15, 0.2) is 97.2 Å². The molecule has 0 radical (unpaired) electrons. The third-order valence-corrected chi connectivity index (χ3v) is 10.2. The van der Waals surface area contributed by atoms with Crippen molar-refractivity contribution in [2.45, 2.75) is 161 Å². The van der Waals surface area contributed by atoms with Crippen LogP contribution < -0.4 is 0 Å². The zero-order valence-electron chi connectivity index (χ0n) is 38.7. The molecule has 0 aliphatic carbocycles. The number of hydrogen-bond donors (Lipinski definition) is 2. The molecule has 0 rings (SSSR count). The minimum Gasteiger partial charge on any atom is -0.462 e. The lowest BCUT2D eigenvalue weighted by molar-refractivity contribution is -0.870. The Kier molecular flexibility index (Phi) is 38.8. The molecule has 0 aromatic heterocycles. The van der Waals surface area contributed by atoms with Crippen LogP contribution in [-0.4, -0.2) is 86.1 Å². The van der Waals surface area contributed by atoms with Gasteiger partial charge in [0.2, 0.25) is 0 Å². The van der Waals surface area contributed by atoms with Gasteiger partial charge in [0, 0.05) is 12.8 Å². The Bertz CT molecular complexity index is 1370. The van der Waals surface area contributed by atoms with E-state index in [0.717, 1.165) is 44.9 Å². The van der Waals surface area contributed by atoms with Gasteiger partial charge < -0.3 is 24.0 Å². The smallest absolute Gasteiger partial charge is 0.462 e. The van der Waals surface area contributed by atoms with Crippen molar-refractivity contribution in [3.05, 3.63) is 97.2 Å². The number of likely N-dealkylation sites (N-methyl/N-ethyl adjacent to an activating group) is 1. The molecular formula is C50H85NO9P+. The number of phosphoric ester groups is 1. The number of nitrogens with zero attached hydrogens (tertiary/aromatic N) is 1. The van der Waals surface area contributed by atoms with Crippen molar-refractivity contribution in [1.29, 1.82) is 0 Å². The van der Waals surface area contributed by atoms with Crippen molar-refractivity contribution < 1.29 is 47.2 Å². The first-order valence-electron chi connectivity index (χ1n) is 23.1. The van der Waals surface area contributed by atoms with Crippen molar-refractivity contribution in [3.63, 3.8) is 0 Å². The molecule has 2 N–H and O–H groups in total. The van der Waals surface area contributed by atoms with Crippen molar-refractivity contribution in [1.82, 2.24) is 0 Å². The summed E-state index contributed by atoms with van der Waals surface area (Å²) in [5.41, 5.74) is 0.